The van der Waals surface area contributed by atoms with E-state index >= 15 is 0 Å². The van der Waals surface area contributed by atoms with Gasteiger partial charge in [-0.25, -0.2) is 9.78 Å². The van der Waals surface area contributed by atoms with Crippen molar-refractivity contribution in [2.45, 2.75) is 92.2 Å². The molecule has 0 aliphatic heterocycles. The van der Waals surface area contributed by atoms with Crippen molar-refractivity contribution in [2.75, 3.05) is 6.54 Å². The first-order valence-electron chi connectivity index (χ1n) is 12.5. The second-order valence-electron chi connectivity index (χ2n) is 9.62. The molecule has 0 aliphatic carbocycles. The van der Waals surface area contributed by atoms with Crippen molar-refractivity contribution >= 4 is 17.1 Å². The van der Waals surface area contributed by atoms with E-state index in [9.17, 15) is 14.4 Å². The number of unbranched alkanes of at least 4 members (excludes halogenated alkanes) is 1. The number of aromatic nitrogens is 6. The van der Waals surface area contributed by atoms with Crippen molar-refractivity contribution in [3.8, 4) is 0 Å². The molecule has 0 bridgehead atoms. The van der Waals surface area contributed by atoms with Crippen molar-refractivity contribution in [1.82, 2.24) is 34.6 Å². The van der Waals surface area contributed by atoms with Crippen LogP contribution in [0.4, 0.5) is 0 Å². The van der Waals surface area contributed by atoms with Gasteiger partial charge in [-0.2, -0.15) is 4.98 Å². The standard InChI is InChI=1S/C24H37N7O4/c1-6-7-13-30-22-20(23(33)28-24(30)34)31(14-15(2)3)17(26-22)10-11-18(32)25-12-8-9-19-27-21(16(4)5)29-35-19/h15-16H,6-14H2,1-5H3,(H,25,32)(H,28,33,34). The van der Waals surface area contributed by atoms with Crippen molar-refractivity contribution < 1.29 is 9.32 Å². The molecule has 3 heterocycles. The van der Waals surface area contributed by atoms with E-state index in [-0.39, 0.29) is 24.2 Å². The highest BCUT2D eigenvalue weighted by molar-refractivity contribution is 5.76. The Balaban J connectivity index is 1.66. The zero-order valence-corrected chi connectivity index (χ0v) is 21.4. The molecule has 0 fully saturated rings. The van der Waals surface area contributed by atoms with Gasteiger partial charge in [-0.15, -0.1) is 0 Å². The molecule has 0 saturated carbocycles. The van der Waals surface area contributed by atoms with Gasteiger partial charge in [-0.3, -0.25) is 19.1 Å². The summed E-state index contributed by atoms with van der Waals surface area (Å²) in [5.41, 5.74) is -0.104. The summed E-state index contributed by atoms with van der Waals surface area (Å²) in [6.45, 7) is 11.7. The molecule has 2 N–H and O–H groups in total. The number of hydrogen-bond donors (Lipinski definition) is 2. The van der Waals surface area contributed by atoms with Gasteiger partial charge in [0.1, 0.15) is 5.82 Å². The largest absolute Gasteiger partial charge is 0.356 e. The first-order chi connectivity index (χ1) is 16.7. The topological polar surface area (TPSA) is 141 Å². The third kappa shape index (κ3) is 6.67. The number of rotatable bonds is 13. The number of hydrogen-bond acceptors (Lipinski definition) is 7. The fourth-order valence-electron chi connectivity index (χ4n) is 3.88. The number of amides is 1. The molecule has 0 aliphatic rings. The summed E-state index contributed by atoms with van der Waals surface area (Å²) in [6.07, 6.45) is 3.61. The minimum atomic E-state index is -0.448. The lowest BCUT2D eigenvalue weighted by Crippen LogP contribution is -2.31. The monoisotopic (exact) mass is 487 g/mol. The number of aryl methyl sites for hydroxylation is 3. The second-order valence-corrected chi connectivity index (χ2v) is 9.62. The smallest absolute Gasteiger partial charge is 0.330 e. The number of nitrogens with zero attached hydrogens (tertiary/aromatic N) is 5. The van der Waals surface area contributed by atoms with Crippen LogP contribution >= 0.6 is 0 Å². The highest BCUT2D eigenvalue weighted by Crippen LogP contribution is 2.16. The van der Waals surface area contributed by atoms with E-state index in [0.717, 1.165) is 12.8 Å². The number of aromatic amines is 1. The number of imidazole rings is 1. The minimum Gasteiger partial charge on any atom is -0.356 e. The molecule has 3 aromatic heterocycles. The van der Waals surface area contributed by atoms with Crippen LogP contribution in [0.15, 0.2) is 14.1 Å². The van der Waals surface area contributed by atoms with Crippen LogP contribution in [0.25, 0.3) is 11.2 Å². The van der Waals surface area contributed by atoms with Gasteiger partial charge >= 0.3 is 5.69 Å². The second kappa shape index (κ2) is 11.9. The molecule has 0 atom stereocenters. The van der Waals surface area contributed by atoms with Crippen molar-refractivity contribution in [2.24, 2.45) is 5.92 Å². The predicted octanol–water partition coefficient (Wildman–Crippen LogP) is 2.53. The van der Waals surface area contributed by atoms with Crippen LogP contribution in [-0.4, -0.2) is 41.7 Å². The average Bonchev–Trinajstić information content (AvgIpc) is 3.40. The molecule has 0 aromatic carbocycles. The van der Waals surface area contributed by atoms with Crippen molar-refractivity contribution in [3.05, 3.63) is 38.4 Å². The molecule has 1 amide bonds. The zero-order chi connectivity index (χ0) is 25.5. The summed E-state index contributed by atoms with van der Waals surface area (Å²) in [5, 5.41) is 6.86. The summed E-state index contributed by atoms with van der Waals surface area (Å²) in [7, 11) is 0. The Labute approximate surface area is 204 Å². The molecule has 0 saturated heterocycles. The molecular formula is C24H37N7O4. The predicted molar refractivity (Wildman–Crippen MR) is 132 cm³/mol. The Hall–Kier alpha value is -3.24. The van der Waals surface area contributed by atoms with E-state index in [1.54, 1.807) is 0 Å². The van der Waals surface area contributed by atoms with Crippen LogP contribution in [0.2, 0.25) is 0 Å². The van der Waals surface area contributed by atoms with Crippen LogP contribution in [0.1, 0.15) is 83.8 Å². The summed E-state index contributed by atoms with van der Waals surface area (Å²) < 4.78 is 8.61. The molecule has 11 heteroatoms. The van der Waals surface area contributed by atoms with Crippen LogP contribution in [-0.2, 0) is 30.7 Å². The maximum Gasteiger partial charge on any atom is 0.330 e. The summed E-state index contributed by atoms with van der Waals surface area (Å²) in [4.78, 5) is 49.0. The molecule has 3 rings (SSSR count). The molecule has 3 aromatic rings. The number of nitrogens with one attached hydrogen (secondary N) is 2. The van der Waals surface area contributed by atoms with Crippen LogP contribution in [0.3, 0.4) is 0 Å². The number of carbonyl (C=O) groups excluding carboxylic acids is 1. The zero-order valence-electron chi connectivity index (χ0n) is 21.4. The molecule has 0 unspecified atom stereocenters. The van der Waals surface area contributed by atoms with Gasteiger partial charge in [-0.1, -0.05) is 46.2 Å². The molecule has 192 valence electrons. The van der Waals surface area contributed by atoms with Gasteiger partial charge in [0.25, 0.3) is 5.56 Å². The third-order valence-corrected chi connectivity index (χ3v) is 5.71. The number of H-pyrrole nitrogens is 1. The van der Waals surface area contributed by atoms with E-state index < -0.39 is 11.2 Å². The highest BCUT2D eigenvalue weighted by atomic mass is 16.5. The third-order valence-electron chi connectivity index (χ3n) is 5.71. The van der Waals surface area contributed by atoms with Gasteiger partial charge < -0.3 is 14.4 Å². The summed E-state index contributed by atoms with van der Waals surface area (Å²) >= 11 is 0. The van der Waals surface area contributed by atoms with Gasteiger partial charge in [-0.05, 0) is 18.8 Å². The molecule has 11 nitrogen and oxygen atoms in total. The fourth-order valence-corrected chi connectivity index (χ4v) is 3.88. The lowest BCUT2D eigenvalue weighted by Gasteiger charge is -2.11. The summed E-state index contributed by atoms with van der Waals surface area (Å²) in [6, 6.07) is 0. The first-order valence-corrected chi connectivity index (χ1v) is 12.5. The SMILES string of the molecule is CCCCn1c(=O)[nH]c(=O)c2c1nc(CCC(=O)NCCCc1nc(C(C)C)no1)n2CC(C)C. The maximum atomic E-state index is 12.7. The molecule has 35 heavy (non-hydrogen) atoms. The Kier molecular flexibility index (Phi) is 9.00. The molecular weight excluding hydrogens is 450 g/mol. The van der Waals surface area contributed by atoms with Crippen LogP contribution in [0.5, 0.6) is 0 Å². The first kappa shape index (κ1) is 26.4. The highest BCUT2D eigenvalue weighted by Gasteiger charge is 2.19. The van der Waals surface area contributed by atoms with Gasteiger partial charge in [0.2, 0.25) is 11.8 Å². The maximum absolute atomic E-state index is 12.7. The van der Waals surface area contributed by atoms with Crippen molar-refractivity contribution in [1.29, 1.82) is 0 Å². The Morgan fingerprint density at radius 2 is 1.86 bits per heavy atom. The fraction of sp³-hybridized carbons (Fsp3) is 0.667. The number of fused-ring (bicyclic) bond motifs is 1. The number of carbonyl (C=O) groups is 1. The minimum absolute atomic E-state index is 0.0983. The lowest BCUT2D eigenvalue weighted by atomic mass is 10.2. The summed E-state index contributed by atoms with van der Waals surface area (Å²) in [5.74, 6) is 2.27. The molecule has 0 spiro atoms. The van der Waals surface area contributed by atoms with Crippen molar-refractivity contribution in [3.63, 3.8) is 0 Å². The van der Waals surface area contributed by atoms with Gasteiger partial charge in [0, 0.05) is 44.8 Å². The van der Waals surface area contributed by atoms with E-state index in [1.807, 2.05) is 25.3 Å². The van der Waals surface area contributed by atoms with Gasteiger partial charge in [0.05, 0.1) is 0 Å². The Morgan fingerprint density at radius 1 is 1.09 bits per heavy atom. The van der Waals surface area contributed by atoms with E-state index in [1.165, 1.54) is 4.57 Å². The van der Waals surface area contributed by atoms with E-state index in [2.05, 4.69) is 39.3 Å². The Morgan fingerprint density at radius 3 is 2.51 bits per heavy atom. The van der Waals surface area contributed by atoms with E-state index in [4.69, 9.17) is 4.52 Å². The quantitative estimate of drug-likeness (QED) is 0.353. The normalized spacial score (nSPS) is 11.7. The lowest BCUT2D eigenvalue weighted by molar-refractivity contribution is -0.121. The average molecular weight is 488 g/mol. The van der Waals surface area contributed by atoms with E-state index in [0.29, 0.717) is 67.6 Å². The van der Waals surface area contributed by atoms with Crippen LogP contribution < -0.4 is 16.6 Å². The Bertz CT molecular complexity index is 1250. The molecule has 0 radical (unpaired) electrons. The van der Waals surface area contributed by atoms with Crippen LogP contribution in [0, 0.1) is 5.92 Å². The van der Waals surface area contributed by atoms with Gasteiger partial charge in [0.15, 0.2) is 17.0 Å².